The minimum atomic E-state index is -0.254. The summed E-state index contributed by atoms with van der Waals surface area (Å²) in [6.45, 7) is 3.95. The van der Waals surface area contributed by atoms with Gasteiger partial charge >= 0.3 is 6.03 Å². The van der Waals surface area contributed by atoms with Crippen molar-refractivity contribution in [3.63, 3.8) is 0 Å². The van der Waals surface area contributed by atoms with Gasteiger partial charge in [-0.25, -0.2) is 9.18 Å². The van der Waals surface area contributed by atoms with E-state index in [-0.39, 0.29) is 23.9 Å². The Kier molecular flexibility index (Phi) is 4.55. The highest BCUT2D eigenvalue weighted by Crippen LogP contribution is 2.36. The number of carbonyl (C=O) groups is 1. The van der Waals surface area contributed by atoms with Crippen molar-refractivity contribution in [3.8, 4) is 0 Å². The Morgan fingerprint density at radius 3 is 2.46 bits per heavy atom. The number of amides is 2. The van der Waals surface area contributed by atoms with Gasteiger partial charge in [-0.2, -0.15) is 0 Å². The van der Waals surface area contributed by atoms with Crippen molar-refractivity contribution in [2.45, 2.75) is 31.3 Å². The smallest absolute Gasteiger partial charge is 0.318 e. The molecule has 2 atom stereocenters. The number of nitrogens with zero attached hydrogens (tertiary/aromatic N) is 2. The molecule has 3 fully saturated rings. The summed E-state index contributed by atoms with van der Waals surface area (Å²) in [7, 11) is 0. The van der Waals surface area contributed by atoms with Gasteiger partial charge < -0.3 is 15.1 Å². The summed E-state index contributed by atoms with van der Waals surface area (Å²) in [6, 6.07) is 14.9. The lowest BCUT2D eigenvalue weighted by Crippen LogP contribution is -2.59. The summed E-state index contributed by atoms with van der Waals surface area (Å²) in [5.41, 5.74) is 3.37. The highest BCUT2D eigenvalue weighted by Gasteiger charge is 2.38. The third-order valence-electron chi connectivity index (χ3n) is 6.70. The number of benzene rings is 2. The van der Waals surface area contributed by atoms with Gasteiger partial charge in [0.05, 0.1) is 6.04 Å². The quantitative estimate of drug-likeness (QED) is 0.866. The molecule has 146 valence electrons. The normalized spacial score (nSPS) is 28.7. The van der Waals surface area contributed by atoms with Crippen LogP contribution in [-0.2, 0) is 6.42 Å². The van der Waals surface area contributed by atoms with E-state index in [1.165, 1.54) is 30.5 Å². The third kappa shape index (κ3) is 3.18. The molecule has 0 aliphatic carbocycles. The van der Waals surface area contributed by atoms with E-state index in [9.17, 15) is 9.18 Å². The zero-order valence-corrected chi connectivity index (χ0v) is 16.0. The molecule has 4 heterocycles. The van der Waals surface area contributed by atoms with E-state index in [1.54, 1.807) is 12.1 Å². The first-order chi connectivity index (χ1) is 13.7. The second kappa shape index (κ2) is 7.21. The van der Waals surface area contributed by atoms with Gasteiger partial charge in [0.15, 0.2) is 0 Å². The zero-order chi connectivity index (χ0) is 19.1. The molecule has 0 saturated carbocycles. The predicted octanol–water partition coefficient (Wildman–Crippen LogP) is 3.58. The topological polar surface area (TPSA) is 35.6 Å². The molecular formula is C23H26FN3O. The Bertz CT molecular complexity index is 860. The summed E-state index contributed by atoms with van der Waals surface area (Å²) in [5.74, 6) is 0.339. The van der Waals surface area contributed by atoms with Crippen molar-refractivity contribution in [2.75, 3.05) is 26.2 Å². The molecule has 6 rings (SSSR count). The molecule has 2 bridgehead atoms. The van der Waals surface area contributed by atoms with Crippen LogP contribution in [0.1, 0.15) is 35.6 Å². The molecule has 0 unspecified atom stereocenters. The number of piperidine rings is 3. The monoisotopic (exact) mass is 379 g/mol. The summed E-state index contributed by atoms with van der Waals surface area (Å²) in [6.07, 6.45) is 3.20. The Labute approximate surface area is 165 Å². The van der Waals surface area contributed by atoms with Crippen molar-refractivity contribution in [1.82, 2.24) is 15.1 Å². The van der Waals surface area contributed by atoms with Gasteiger partial charge in [0, 0.05) is 19.1 Å². The summed E-state index contributed by atoms with van der Waals surface area (Å²) in [4.78, 5) is 17.7. The van der Waals surface area contributed by atoms with E-state index in [0.29, 0.717) is 12.5 Å². The second-order valence-electron chi connectivity index (χ2n) is 8.29. The summed E-state index contributed by atoms with van der Waals surface area (Å²) in [5, 5.41) is 3.33. The molecule has 0 radical (unpaired) electrons. The largest absolute Gasteiger partial charge is 0.334 e. The molecule has 2 aromatic carbocycles. The van der Waals surface area contributed by atoms with Crippen LogP contribution >= 0.6 is 0 Å². The molecule has 28 heavy (non-hydrogen) atoms. The van der Waals surface area contributed by atoms with E-state index < -0.39 is 0 Å². The Morgan fingerprint density at radius 1 is 1.00 bits per heavy atom. The number of rotatable bonds is 2. The number of urea groups is 1. The number of hydrogen-bond acceptors (Lipinski definition) is 2. The lowest BCUT2D eigenvalue weighted by atomic mass is 9.84. The standard InChI is InChI=1S/C23H26FN3O/c24-19-7-5-18(6-8-19)22-20-4-2-1-3-16(20)11-14-27(22)23(28)25-21-15-26-12-9-17(21)10-13-26/h1-8,17,21-22H,9-15H2,(H,25,28)/t21-,22+/m1/s1. The number of carbonyl (C=O) groups excluding carboxylic acids is 1. The van der Waals surface area contributed by atoms with Gasteiger partial charge in [-0.15, -0.1) is 0 Å². The molecule has 0 aromatic heterocycles. The van der Waals surface area contributed by atoms with E-state index >= 15 is 0 Å². The van der Waals surface area contributed by atoms with Crippen molar-refractivity contribution in [1.29, 1.82) is 0 Å². The highest BCUT2D eigenvalue weighted by molar-refractivity contribution is 5.76. The number of hydrogen-bond donors (Lipinski definition) is 1. The molecule has 4 aliphatic rings. The van der Waals surface area contributed by atoms with Crippen LogP contribution in [0.4, 0.5) is 9.18 Å². The van der Waals surface area contributed by atoms with Crippen LogP contribution in [0.5, 0.6) is 0 Å². The van der Waals surface area contributed by atoms with Crippen molar-refractivity contribution >= 4 is 6.03 Å². The van der Waals surface area contributed by atoms with E-state index in [0.717, 1.165) is 37.2 Å². The molecule has 2 aromatic rings. The fourth-order valence-corrected chi connectivity index (χ4v) is 5.16. The fourth-order valence-electron chi connectivity index (χ4n) is 5.16. The lowest BCUT2D eigenvalue weighted by Gasteiger charge is -2.46. The average Bonchev–Trinajstić information content (AvgIpc) is 2.74. The second-order valence-corrected chi connectivity index (χ2v) is 8.29. The van der Waals surface area contributed by atoms with Gasteiger partial charge in [0.1, 0.15) is 5.82 Å². The minimum absolute atomic E-state index is 0.00239. The number of nitrogens with one attached hydrogen (secondary N) is 1. The Hall–Kier alpha value is -2.40. The first kappa shape index (κ1) is 17.7. The molecule has 3 saturated heterocycles. The van der Waals surface area contributed by atoms with Crippen molar-refractivity contribution < 1.29 is 9.18 Å². The maximum absolute atomic E-state index is 13.5. The van der Waals surface area contributed by atoms with Crippen molar-refractivity contribution in [3.05, 3.63) is 71.0 Å². The maximum atomic E-state index is 13.5. The zero-order valence-electron chi connectivity index (χ0n) is 16.0. The van der Waals surface area contributed by atoms with E-state index in [1.807, 2.05) is 17.0 Å². The number of halogens is 1. The highest BCUT2D eigenvalue weighted by atomic mass is 19.1. The molecule has 1 N–H and O–H groups in total. The van der Waals surface area contributed by atoms with E-state index in [4.69, 9.17) is 0 Å². The van der Waals surface area contributed by atoms with Gasteiger partial charge in [-0.3, -0.25) is 0 Å². The van der Waals surface area contributed by atoms with Crippen molar-refractivity contribution in [2.24, 2.45) is 5.92 Å². The lowest BCUT2D eigenvalue weighted by molar-refractivity contribution is 0.0715. The molecule has 4 aliphatic heterocycles. The van der Waals surface area contributed by atoms with E-state index in [2.05, 4.69) is 22.3 Å². The summed E-state index contributed by atoms with van der Waals surface area (Å²) >= 11 is 0. The van der Waals surface area contributed by atoms with Crippen LogP contribution in [0.15, 0.2) is 48.5 Å². The molecule has 0 spiro atoms. The first-order valence-corrected chi connectivity index (χ1v) is 10.3. The first-order valence-electron chi connectivity index (χ1n) is 10.3. The maximum Gasteiger partial charge on any atom is 0.318 e. The van der Waals surface area contributed by atoms with Crippen LogP contribution in [-0.4, -0.2) is 48.1 Å². The molecule has 5 heteroatoms. The third-order valence-corrected chi connectivity index (χ3v) is 6.70. The molecular weight excluding hydrogens is 353 g/mol. The Balaban J connectivity index is 1.43. The Morgan fingerprint density at radius 2 is 1.75 bits per heavy atom. The number of fused-ring (bicyclic) bond motifs is 4. The minimum Gasteiger partial charge on any atom is -0.334 e. The summed E-state index contributed by atoms with van der Waals surface area (Å²) < 4.78 is 13.5. The predicted molar refractivity (Wildman–Crippen MR) is 107 cm³/mol. The molecule has 2 amide bonds. The van der Waals surface area contributed by atoms with Gasteiger partial charge in [-0.1, -0.05) is 36.4 Å². The van der Waals surface area contributed by atoms with Crippen LogP contribution in [0, 0.1) is 11.7 Å². The molecule has 4 nitrogen and oxygen atoms in total. The average molecular weight is 379 g/mol. The SMILES string of the molecule is O=C(N[C@@H]1CN2CCC1CC2)N1CCc2ccccc2[C@@H]1c1ccc(F)cc1. The van der Waals surface area contributed by atoms with Crippen LogP contribution in [0.2, 0.25) is 0 Å². The van der Waals surface area contributed by atoms with Crippen LogP contribution in [0.3, 0.4) is 0 Å². The fraction of sp³-hybridized carbons (Fsp3) is 0.435. The van der Waals surface area contributed by atoms with Crippen LogP contribution in [0.25, 0.3) is 0 Å². The van der Waals surface area contributed by atoms with Gasteiger partial charge in [0.2, 0.25) is 0 Å². The van der Waals surface area contributed by atoms with Gasteiger partial charge in [0.25, 0.3) is 0 Å². The van der Waals surface area contributed by atoms with Gasteiger partial charge in [-0.05, 0) is 67.1 Å². The van der Waals surface area contributed by atoms with Crippen LogP contribution < -0.4 is 5.32 Å².